The van der Waals surface area contributed by atoms with Crippen LogP contribution in [0.2, 0.25) is 5.02 Å². The Morgan fingerprint density at radius 2 is 2.21 bits per heavy atom. The number of halogens is 1. The number of fused-ring (bicyclic) bond motifs is 1. The average molecular weight is 431 g/mol. The first-order chi connectivity index (χ1) is 14.0. The van der Waals surface area contributed by atoms with Crippen molar-refractivity contribution in [2.75, 3.05) is 13.1 Å². The van der Waals surface area contributed by atoms with Gasteiger partial charge in [0.2, 0.25) is 5.89 Å². The molecular weight excluding hydrogens is 408 g/mol. The lowest BCUT2D eigenvalue weighted by atomic mass is 10.1. The van der Waals surface area contributed by atoms with Gasteiger partial charge in [0, 0.05) is 35.8 Å². The highest BCUT2D eigenvalue weighted by molar-refractivity contribution is 7.98. The quantitative estimate of drug-likeness (QED) is 0.460. The molecule has 0 aliphatic carbocycles. The minimum absolute atomic E-state index is 0.0326. The summed E-state index contributed by atoms with van der Waals surface area (Å²) in [7, 11) is 0. The van der Waals surface area contributed by atoms with Crippen LogP contribution < -0.4 is 5.56 Å². The Morgan fingerprint density at radius 3 is 3.00 bits per heavy atom. The Labute approximate surface area is 178 Å². The molecule has 0 bridgehead atoms. The highest BCUT2D eigenvalue weighted by Gasteiger charge is 2.21. The SMILES string of the molecule is CCCN1CCc2nc(SCc3nc(-c4cccc(Cl)c4)oc3C)[nH]c(=O)c2C1. The number of nitrogens with one attached hydrogen (secondary N) is 1. The van der Waals surface area contributed by atoms with Crippen molar-refractivity contribution < 1.29 is 4.42 Å². The van der Waals surface area contributed by atoms with Gasteiger partial charge in [0.05, 0.1) is 17.0 Å². The molecule has 0 atom stereocenters. The average Bonchev–Trinajstić information content (AvgIpc) is 3.08. The minimum atomic E-state index is -0.0326. The summed E-state index contributed by atoms with van der Waals surface area (Å²) < 4.78 is 5.81. The number of thioether (sulfide) groups is 1. The number of hydrogen-bond donors (Lipinski definition) is 1. The fourth-order valence-electron chi connectivity index (χ4n) is 3.48. The minimum Gasteiger partial charge on any atom is -0.441 e. The summed E-state index contributed by atoms with van der Waals surface area (Å²) in [5.41, 5.74) is 3.36. The number of H-pyrrole nitrogens is 1. The summed E-state index contributed by atoms with van der Waals surface area (Å²) in [5, 5.41) is 1.27. The van der Waals surface area contributed by atoms with Gasteiger partial charge in [-0.15, -0.1) is 0 Å². The van der Waals surface area contributed by atoms with Crippen LogP contribution in [0, 0.1) is 6.92 Å². The van der Waals surface area contributed by atoms with Gasteiger partial charge in [0.15, 0.2) is 5.16 Å². The van der Waals surface area contributed by atoms with E-state index in [2.05, 4.69) is 21.8 Å². The van der Waals surface area contributed by atoms with Gasteiger partial charge in [-0.3, -0.25) is 9.69 Å². The lowest BCUT2D eigenvalue weighted by Crippen LogP contribution is -2.36. The van der Waals surface area contributed by atoms with Gasteiger partial charge in [-0.1, -0.05) is 36.4 Å². The molecule has 0 fully saturated rings. The zero-order valence-electron chi connectivity index (χ0n) is 16.5. The Balaban J connectivity index is 1.49. The zero-order valence-corrected chi connectivity index (χ0v) is 18.1. The number of rotatable bonds is 6. The number of aryl methyl sites for hydroxylation is 1. The van der Waals surface area contributed by atoms with Gasteiger partial charge in [-0.25, -0.2) is 9.97 Å². The summed E-state index contributed by atoms with van der Waals surface area (Å²) in [6, 6.07) is 7.43. The van der Waals surface area contributed by atoms with E-state index in [-0.39, 0.29) is 5.56 Å². The number of hydrogen-bond acceptors (Lipinski definition) is 6. The molecule has 1 aliphatic rings. The van der Waals surface area contributed by atoms with Gasteiger partial charge in [-0.2, -0.15) is 0 Å². The van der Waals surface area contributed by atoms with Gasteiger partial charge in [-0.05, 0) is 38.1 Å². The lowest BCUT2D eigenvalue weighted by molar-refractivity contribution is 0.250. The Bertz CT molecular complexity index is 1080. The maximum absolute atomic E-state index is 12.6. The molecule has 4 rings (SSSR count). The van der Waals surface area contributed by atoms with E-state index in [0.717, 1.165) is 54.2 Å². The van der Waals surface area contributed by atoms with Crippen molar-refractivity contribution in [3.05, 3.63) is 62.4 Å². The summed E-state index contributed by atoms with van der Waals surface area (Å²) in [6.07, 6.45) is 1.90. The molecular formula is C21H23ClN4O2S. The fourth-order valence-corrected chi connectivity index (χ4v) is 4.55. The second kappa shape index (κ2) is 8.73. The van der Waals surface area contributed by atoms with Crippen LogP contribution in [-0.2, 0) is 18.7 Å². The molecule has 0 spiro atoms. The van der Waals surface area contributed by atoms with Crippen LogP contribution in [0.3, 0.4) is 0 Å². The van der Waals surface area contributed by atoms with Crippen molar-refractivity contribution in [3.63, 3.8) is 0 Å². The molecule has 1 aliphatic heterocycles. The molecule has 2 aromatic heterocycles. The van der Waals surface area contributed by atoms with Gasteiger partial charge in [0.25, 0.3) is 5.56 Å². The van der Waals surface area contributed by atoms with E-state index < -0.39 is 0 Å². The fraction of sp³-hybridized carbons (Fsp3) is 0.381. The monoisotopic (exact) mass is 430 g/mol. The molecule has 8 heteroatoms. The summed E-state index contributed by atoms with van der Waals surface area (Å²) in [6.45, 7) is 6.69. The predicted molar refractivity (Wildman–Crippen MR) is 115 cm³/mol. The van der Waals surface area contributed by atoms with Crippen LogP contribution in [-0.4, -0.2) is 32.9 Å². The maximum atomic E-state index is 12.6. The smallest absolute Gasteiger partial charge is 0.256 e. The van der Waals surface area contributed by atoms with Crippen LogP contribution >= 0.6 is 23.4 Å². The normalized spacial score (nSPS) is 14.2. The standard InChI is InChI=1S/C21H23ClN4O2S/c1-3-8-26-9-7-17-16(11-26)19(27)25-21(24-17)29-12-18-13(2)28-20(23-18)14-5-4-6-15(22)10-14/h4-6,10H,3,7-9,11-12H2,1-2H3,(H,24,25,27). The molecule has 3 aromatic rings. The van der Waals surface area contributed by atoms with Gasteiger partial charge >= 0.3 is 0 Å². The first-order valence-corrected chi connectivity index (χ1v) is 11.1. The van der Waals surface area contributed by atoms with Crippen molar-refractivity contribution in [1.29, 1.82) is 0 Å². The van der Waals surface area contributed by atoms with Crippen LogP contribution in [0.4, 0.5) is 0 Å². The zero-order chi connectivity index (χ0) is 20.4. The van der Waals surface area contributed by atoms with E-state index in [1.807, 2.05) is 31.2 Å². The molecule has 1 N–H and O–H groups in total. The molecule has 1 aromatic carbocycles. The van der Waals surface area contributed by atoms with Crippen LogP contribution in [0.1, 0.15) is 36.1 Å². The molecule has 3 heterocycles. The third kappa shape index (κ3) is 4.57. The van der Waals surface area contributed by atoms with E-state index in [4.69, 9.17) is 21.0 Å². The second-order valence-corrected chi connectivity index (χ2v) is 8.54. The largest absolute Gasteiger partial charge is 0.441 e. The van der Waals surface area contributed by atoms with E-state index >= 15 is 0 Å². The number of nitrogens with zero attached hydrogens (tertiary/aromatic N) is 3. The van der Waals surface area contributed by atoms with Crippen molar-refractivity contribution in [3.8, 4) is 11.5 Å². The van der Waals surface area contributed by atoms with Crippen LogP contribution in [0.25, 0.3) is 11.5 Å². The highest BCUT2D eigenvalue weighted by Crippen LogP contribution is 2.28. The Morgan fingerprint density at radius 1 is 1.34 bits per heavy atom. The number of aromatic nitrogens is 3. The third-order valence-electron chi connectivity index (χ3n) is 4.98. The summed E-state index contributed by atoms with van der Waals surface area (Å²) in [4.78, 5) is 27.1. The van der Waals surface area contributed by atoms with E-state index in [1.54, 1.807) is 0 Å². The summed E-state index contributed by atoms with van der Waals surface area (Å²) in [5.74, 6) is 1.87. The lowest BCUT2D eigenvalue weighted by Gasteiger charge is -2.27. The molecule has 0 unspecified atom stereocenters. The first kappa shape index (κ1) is 20.2. The first-order valence-electron chi connectivity index (χ1n) is 9.73. The van der Waals surface area contributed by atoms with Crippen LogP contribution in [0.15, 0.2) is 38.6 Å². The molecule has 0 amide bonds. The molecule has 29 heavy (non-hydrogen) atoms. The van der Waals surface area contributed by atoms with E-state index in [9.17, 15) is 4.79 Å². The van der Waals surface area contributed by atoms with E-state index in [0.29, 0.717) is 28.4 Å². The number of oxazole rings is 1. The summed E-state index contributed by atoms with van der Waals surface area (Å²) >= 11 is 7.53. The predicted octanol–water partition coefficient (Wildman–Crippen LogP) is 4.45. The topological polar surface area (TPSA) is 75.0 Å². The molecule has 0 radical (unpaired) electrons. The van der Waals surface area contributed by atoms with Crippen molar-refractivity contribution in [2.24, 2.45) is 0 Å². The van der Waals surface area contributed by atoms with E-state index in [1.165, 1.54) is 11.8 Å². The molecule has 152 valence electrons. The van der Waals surface area contributed by atoms with Gasteiger partial charge < -0.3 is 9.40 Å². The van der Waals surface area contributed by atoms with Crippen molar-refractivity contribution in [2.45, 2.75) is 44.1 Å². The van der Waals surface area contributed by atoms with Crippen LogP contribution in [0.5, 0.6) is 0 Å². The molecule has 6 nitrogen and oxygen atoms in total. The van der Waals surface area contributed by atoms with Crippen molar-refractivity contribution in [1.82, 2.24) is 19.9 Å². The van der Waals surface area contributed by atoms with Gasteiger partial charge in [0.1, 0.15) is 5.76 Å². The molecule has 0 saturated heterocycles. The number of aromatic amines is 1. The van der Waals surface area contributed by atoms with Crippen molar-refractivity contribution >= 4 is 23.4 Å². The third-order valence-corrected chi connectivity index (χ3v) is 6.10. The second-order valence-electron chi connectivity index (χ2n) is 7.14. The highest BCUT2D eigenvalue weighted by atomic mass is 35.5. The maximum Gasteiger partial charge on any atom is 0.256 e. The Kier molecular flexibility index (Phi) is 6.08. The number of benzene rings is 1. The Hall–Kier alpha value is -2.09. The molecule has 0 saturated carbocycles.